The van der Waals surface area contributed by atoms with Crippen LogP contribution in [0.3, 0.4) is 0 Å². The van der Waals surface area contributed by atoms with Gasteiger partial charge in [-0.3, -0.25) is 9.63 Å². The van der Waals surface area contributed by atoms with E-state index in [2.05, 4.69) is 9.82 Å². The molecule has 0 spiro atoms. The number of aryl methyl sites for hydroxylation is 1. The lowest BCUT2D eigenvalue weighted by Gasteiger charge is -2.35. The molecule has 4 rings (SSSR count). The van der Waals surface area contributed by atoms with Gasteiger partial charge in [0.1, 0.15) is 11.6 Å². The van der Waals surface area contributed by atoms with Crippen LogP contribution in [0.25, 0.3) is 5.69 Å². The number of imidazole rings is 1. The number of aromatic nitrogens is 2. The fourth-order valence-corrected chi connectivity index (χ4v) is 4.90. The highest BCUT2D eigenvalue weighted by Crippen LogP contribution is 2.39. The molecule has 8 heteroatoms. The highest BCUT2D eigenvalue weighted by Gasteiger charge is 2.42. The molecule has 156 valence electrons. The first kappa shape index (κ1) is 20.9. The highest BCUT2D eigenvalue weighted by molar-refractivity contribution is 7.99. The van der Waals surface area contributed by atoms with Crippen LogP contribution in [0.15, 0.2) is 64.6 Å². The molecule has 1 saturated heterocycles. The number of halogens is 2. The zero-order chi connectivity index (χ0) is 21.1. The van der Waals surface area contributed by atoms with E-state index in [9.17, 15) is 9.18 Å². The van der Waals surface area contributed by atoms with Crippen molar-refractivity contribution in [2.24, 2.45) is 0 Å². The Bertz CT molecular complexity index is 1050. The average molecular weight is 446 g/mol. The summed E-state index contributed by atoms with van der Waals surface area (Å²) in [5.41, 5.74) is 0.742. The van der Waals surface area contributed by atoms with Gasteiger partial charge < -0.3 is 9.30 Å². The van der Waals surface area contributed by atoms with E-state index in [1.54, 1.807) is 6.20 Å². The highest BCUT2D eigenvalue weighted by atomic mass is 35.5. The molecule has 1 amide bonds. The van der Waals surface area contributed by atoms with E-state index in [0.29, 0.717) is 31.6 Å². The molecule has 0 aliphatic carbocycles. The Morgan fingerprint density at radius 2 is 1.93 bits per heavy atom. The summed E-state index contributed by atoms with van der Waals surface area (Å²) < 4.78 is 21.9. The number of carbonyl (C=O) groups is 1. The van der Waals surface area contributed by atoms with Gasteiger partial charge in [-0.25, -0.2) is 9.37 Å². The lowest BCUT2D eigenvalue weighted by molar-refractivity contribution is -0.128. The minimum Gasteiger partial charge on any atom is -0.381 e. The molecule has 0 saturated carbocycles. The summed E-state index contributed by atoms with van der Waals surface area (Å²) >= 11 is 7.10. The van der Waals surface area contributed by atoms with Gasteiger partial charge in [0.2, 0.25) is 5.91 Å². The second kappa shape index (κ2) is 8.79. The molecule has 0 atom stereocenters. The Hall–Kier alpha value is -2.35. The van der Waals surface area contributed by atoms with Gasteiger partial charge in [-0.1, -0.05) is 11.8 Å². The molecular formula is C22H21ClFN3O2S. The van der Waals surface area contributed by atoms with Gasteiger partial charge in [0.05, 0.1) is 5.41 Å². The third-order valence-corrected chi connectivity index (χ3v) is 6.62. The van der Waals surface area contributed by atoms with Crippen LogP contribution in [0, 0.1) is 12.7 Å². The molecule has 0 radical (unpaired) electrons. The SMILES string of the molecule is Cc1nccn1-c1ccc(Sc2cc(F)cc(C3(C(=O)NCl)CCOCC3)c2)cc1. The smallest absolute Gasteiger partial charge is 0.245 e. The van der Waals surface area contributed by atoms with E-state index in [1.165, 1.54) is 23.9 Å². The Morgan fingerprint density at radius 3 is 2.57 bits per heavy atom. The van der Waals surface area contributed by atoms with Crippen LogP contribution in [0.2, 0.25) is 0 Å². The number of rotatable bonds is 5. The number of hydrogen-bond acceptors (Lipinski definition) is 4. The first-order valence-electron chi connectivity index (χ1n) is 9.60. The van der Waals surface area contributed by atoms with Crippen molar-refractivity contribution in [2.45, 2.75) is 35.0 Å². The maximum atomic E-state index is 14.5. The minimum absolute atomic E-state index is 0.325. The van der Waals surface area contributed by atoms with Gasteiger partial charge in [-0.05, 0) is 67.8 Å². The first-order valence-corrected chi connectivity index (χ1v) is 10.8. The van der Waals surface area contributed by atoms with E-state index in [4.69, 9.17) is 16.5 Å². The fraction of sp³-hybridized carbons (Fsp3) is 0.273. The van der Waals surface area contributed by atoms with Crippen LogP contribution in [-0.4, -0.2) is 28.7 Å². The van der Waals surface area contributed by atoms with Crippen LogP contribution in [0.4, 0.5) is 4.39 Å². The lowest BCUT2D eigenvalue weighted by Crippen LogP contribution is -2.45. The van der Waals surface area contributed by atoms with Crippen molar-refractivity contribution in [2.75, 3.05) is 13.2 Å². The third-order valence-electron chi connectivity index (χ3n) is 5.47. The molecular weight excluding hydrogens is 425 g/mol. The minimum atomic E-state index is -0.889. The van der Waals surface area contributed by atoms with Crippen molar-refractivity contribution in [1.29, 1.82) is 0 Å². The predicted octanol–water partition coefficient (Wildman–Crippen LogP) is 4.79. The zero-order valence-corrected chi connectivity index (χ0v) is 18.0. The topological polar surface area (TPSA) is 56.2 Å². The van der Waals surface area contributed by atoms with Gasteiger partial charge in [0.25, 0.3) is 0 Å². The van der Waals surface area contributed by atoms with Crippen molar-refractivity contribution in [3.8, 4) is 5.69 Å². The monoisotopic (exact) mass is 445 g/mol. The summed E-state index contributed by atoms with van der Waals surface area (Å²) in [6.07, 6.45) is 4.58. The summed E-state index contributed by atoms with van der Waals surface area (Å²) in [5.74, 6) is 0.201. The number of ether oxygens (including phenoxy) is 1. The normalized spacial score (nSPS) is 15.7. The van der Waals surface area contributed by atoms with Crippen molar-refractivity contribution >= 4 is 29.4 Å². The van der Waals surface area contributed by atoms with Gasteiger partial charge in [-0.2, -0.15) is 0 Å². The van der Waals surface area contributed by atoms with Gasteiger partial charge in [-0.15, -0.1) is 0 Å². The molecule has 30 heavy (non-hydrogen) atoms. The summed E-state index contributed by atoms with van der Waals surface area (Å²) in [4.78, 5) is 20.8. The first-order chi connectivity index (χ1) is 14.5. The quantitative estimate of drug-likeness (QED) is 0.574. The molecule has 1 aromatic heterocycles. The van der Waals surface area contributed by atoms with Gasteiger partial charge in [0.15, 0.2) is 0 Å². The number of nitrogens with one attached hydrogen (secondary N) is 1. The van der Waals surface area contributed by atoms with Crippen LogP contribution >= 0.6 is 23.5 Å². The van der Waals surface area contributed by atoms with Crippen molar-refractivity contribution in [3.63, 3.8) is 0 Å². The van der Waals surface area contributed by atoms with Crippen LogP contribution in [0.5, 0.6) is 0 Å². The maximum Gasteiger partial charge on any atom is 0.245 e. The van der Waals surface area contributed by atoms with E-state index < -0.39 is 5.41 Å². The molecule has 1 aliphatic rings. The van der Waals surface area contributed by atoms with Crippen molar-refractivity contribution in [3.05, 3.63) is 72.1 Å². The second-order valence-corrected chi connectivity index (χ2v) is 8.57. The Balaban J connectivity index is 1.62. The second-order valence-electron chi connectivity index (χ2n) is 7.23. The molecule has 1 aliphatic heterocycles. The lowest BCUT2D eigenvalue weighted by atomic mass is 9.73. The van der Waals surface area contributed by atoms with Crippen molar-refractivity contribution in [1.82, 2.24) is 14.4 Å². The Kier molecular flexibility index (Phi) is 6.13. The van der Waals surface area contributed by atoms with E-state index in [0.717, 1.165) is 21.3 Å². The zero-order valence-electron chi connectivity index (χ0n) is 16.4. The molecule has 0 bridgehead atoms. The molecule has 2 aromatic carbocycles. The molecule has 2 heterocycles. The number of benzene rings is 2. The number of nitrogens with zero attached hydrogens (tertiary/aromatic N) is 2. The largest absolute Gasteiger partial charge is 0.381 e. The fourth-order valence-electron chi connectivity index (χ4n) is 3.82. The Labute approximate surface area is 183 Å². The molecule has 1 N–H and O–H groups in total. The Morgan fingerprint density at radius 1 is 1.20 bits per heavy atom. The molecule has 5 nitrogen and oxygen atoms in total. The molecule has 1 fully saturated rings. The average Bonchev–Trinajstić information content (AvgIpc) is 3.19. The third kappa shape index (κ3) is 4.10. The predicted molar refractivity (Wildman–Crippen MR) is 115 cm³/mol. The van der Waals surface area contributed by atoms with Crippen LogP contribution < -0.4 is 4.84 Å². The van der Waals surface area contributed by atoms with E-state index in [-0.39, 0.29) is 11.7 Å². The van der Waals surface area contributed by atoms with Crippen LogP contribution in [0.1, 0.15) is 24.2 Å². The summed E-state index contributed by atoms with van der Waals surface area (Å²) in [7, 11) is 0. The van der Waals surface area contributed by atoms with E-state index in [1.807, 2.05) is 48.0 Å². The van der Waals surface area contributed by atoms with Crippen LogP contribution in [-0.2, 0) is 14.9 Å². The number of carbonyl (C=O) groups excluding carboxylic acids is 1. The molecule has 3 aromatic rings. The summed E-state index contributed by atoms with van der Waals surface area (Å²) in [6, 6.07) is 12.7. The number of amides is 1. The number of hydrogen-bond donors (Lipinski definition) is 1. The summed E-state index contributed by atoms with van der Waals surface area (Å²) in [5, 5.41) is 0. The maximum absolute atomic E-state index is 14.5. The van der Waals surface area contributed by atoms with Gasteiger partial charge in [0, 0.05) is 52.9 Å². The standard InChI is InChI=1S/C22H21ClFN3O2S/c1-15-25-8-9-27(15)18-2-4-19(5-3-18)30-20-13-16(12-17(24)14-20)22(21(28)26-23)6-10-29-11-7-22/h2-5,8-9,12-14H,6-7,10-11H2,1H3,(H,26,28). The van der Waals surface area contributed by atoms with Crippen molar-refractivity contribution < 1.29 is 13.9 Å². The summed E-state index contributed by atoms with van der Waals surface area (Å²) in [6.45, 7) is 2.80. The van der Waals surface area contributed by atoms with Gasteiger partial charge >= 0.3 is 0 Å². The van der Waals surface area contributed by atoms with E-state index >= 15 is 0 Å². The molecule has 0 unspecified atom stereocenters.